The van der Waals surface area contributed by atoms with Crippen molar-refractivity contribution < 1.29 is 0 Å². The fourth-order valence-electron chi connectivity index (χ4n) is 1.86. The maximum absolute atomic E-state index is 12.1. The quantitative estimate of drug-likeness (QED) is 0.874. The lowest BCUT2D eigenvalue weighted by Crippen LogP contribution is -2.24. The van der Waals surface area contributed by atoms with Crippen LogP contribution in [0.2, 0.25) is 10.0 Å². The molecular formula is C15H17Cl2N3O. The van der Waals surface area contributed by atoms with Crippen molar-refractivity contribution >= 4 is 28.9 Å². The molecule has 0 atom stereocenters. The summed E-state index contributed by atoms with van der Waals surface area (Å²) in [6, 6.07) is 7.47. The molecule has 1 aromatic carbocycles. The molecule has 6 heteroatoms. The number of aryl methyl sites for hydroxylation is 1. The Balaban J connectivity index is 2.08. The van der Waals surface area contributed by atoms with E-state index in [1.54, 1.807) is 6.20 Å². The summed E-state index contributed by atoms with van der Waals surface area (Å²) >= 11 is 12.0. The Kier molecular flexibility index (Phi) is 5.65. The number of unbranched alkanes of at least 4 members (excludes halogenated alkanes) is 1. The van der Waals surface area contributed by atoms with Crippen LogP contribution in [0.1, 0.15) is 25.3 Å². The van der Waals surface area contributed by atoms with E-state index in [4.69, 9.17) is 23.2 Å². The van der Waals surface area contributed by atoms with Gasteiger partial charge in [-0.2, -0.15) is 5.10 Å². The van der Waals surface area contributed by atoms with Gasteiger partial charge in [0.2, 0.25) is 0 Å². The van der Waals surface area contributed by atoms with Gasteiger partial charge >= 0.3 is 0 Å². The Bertz CT molecular complexity index is 653. The van der Waals surface area contributed by atoms with E-state index in [9.17, 15) is 4.79 Å². The molecule has 4 nitrogen and oxygen atoms in total. The van der Waals surface area contributed by atoms with Crippen molar-refractivity contribution in [1.82, 2.24) is 9.78 Å². The van der Waals surface area contributed by atoms with Gasteiger partial charge in [0, 0.05) is 18.1 Å². The number of nitrogens with zero attached hydrogens (tertiary/aromatic N) is 2. The van der Waals surface area contributed by atoms with Gasteiger partial charge in [0.15, 0.2) is 0 Å². The molecule has 0 radical (unpaired) electrons. The topological polar surface area (TPSA) is 46.9 Å². The van der Waals surface area contributed by atoms with Crippen LogP contribution in [0.4, 0.5) is 5.69 Å². The second kappa shape index (κ2) is 7.48. The predicted octanol–water partition coefficient (Wildman–Crippen LogP) is 3.96. The number of benzene rings is 1. The average Bonchev–Trinajstić information content (AvgIpc) is 2.49. The average molecular weight is 326 g/mol. The number of rotatable bonds is 6. The van der Waals surface area contributed by atoms with E-state index < -0.39 is 0 Å². The fourth-order valence-corrected chi connectivity index (χ4v) is 2.19. The Morgan fingerprint density at radius 2 is 1.95 bits per heavy atom. The van der Waals surface area contributed by atoms with Gasteiger partial charge in [-0.25, -0.2) is 4.68 Å². The van der Waals surface area contributed by atoms with Crippen molar-refractivity contribution in [3.8, 4) is 0 Å². The first kappa shape index (κ1) is 15.9. The summed E-state index contributed by atoms with van der Waals surface area (Å²) in [6.07, 6.45) is 3.50. The highest BCUT2D eigenvalue weighted by Crippen LogP contribution is 2.17. The predicted molar refractivity (Wildman–Crippen MR) is 87.2 cm³/mol. The van der Waals surface area contributed by atoms with Crippen LogP contribution >= 0.6 is 23.2 Å². The molecule has 21 heavy (non-hydrogen) atoms. The summed E-state index contributed by atoms with van der Waals surface area (Å²) in [6.45, 7) is 3.21. The fraction of sp³-hybridized carbons (Fsp3) is 0.333. The number of hydrogen-bond donors (Lipinski definition) is 1. The summed E-state index contributed by atoms with van der Waals surface area (Å²) in [5.41, 5.74) is 1.33. The smallest absolute Gasteiger partial charge is 0.287 e. The summed E-state index contributed by atoms with van der Waals surface area (Å²) in [5.74, 6) is 0. The van der Waals surface area contributed by atoms with Crippen LogP contribution in [-0.4, -0.2) is 9.78 Å². The third-order valence-electron chi connectivity index (χ3n) is 3.10. The second-order valence-corrected chi connectivity index (χ2v) is 5.55. The van der Waals surface area contributed by atoms with E-state index in [-0.39, 0.29) is 10.6 Å². The van der Waals surface area contributed by atoms with E-state index in [1.807, 2.05) is 24.3 Å². The van der Waals surface area contributed by atoms with Crippen molar-refractivity contribution in [3.63, 3.8) is 0 Å². The Morgan fingerprint density at radius 1 is 1.24 bits per heavy atom. The molecule has 0 bridgehead atoms. The number of aromatic nitrogens is 2. The summed E-state index contributed by atoms with van der Waals surface area (Å²) in [7, 11) is 0. The van der Waals surface area contributed by atoms with Crippen molar-refractivity contribution in [3.05, 3.63) is 56.4 Å². The van der Waals surface area contributed by atoms with E-state index in [0.717, 1.165) is 18.4 Å². The molecule has 1 N–H and O–H groups in total. The van der Waals surface area contributed by atoms with Crippen LogP contribution < -0.4 is 10.9 Å². The van der Waals surface area contributed by atoms with Gasteiger partial charge in [-0.05, 0) is 24.1 Å². The van der Waals surface area contributed by atoms with E-state index >= 15 is 0 Å². The molecule has 0 amide bonds. The Morgan fingerprint density at radius 3 is 2.62 bits per heavy atom. The number of nitrogens with one attached hydrogen (secondary N) is 1. The van der Waals surface area contributed by atoms with Gasteiger partial charge in [-0.3, -0.25) is 4.79 Å². The van der Waals surface area contributed by atoms with Crippen LogP contribution in [0.25, 0.3) is 0 Å². The minimum absolute atomic E-state index is 0.176. The van der Waals surface area contributed by atoms with E-state index in [2.05, 4.69) is 17.3 Å². The van der Waals surface area contributed by atoms with Crippen LogP contribution in [-0.2, 0) is 13.1 Å². The molecule has 0 fully saturated rings. The third kappa shape index (κ3) is 4.22. The zero-order valence-electron chi connectivity index (χ0n) is 11.8. The zero-order chi connectivity index (χ0) is 15.2. The third-order valence-corrected chi connectivity index (χ3v) is 3.72. The molecule has 0 saturated heterocycles. The van der Waals surface area contributed by atoms with Gasteiger partial charge in [0.05, 0.1) is 11.9 Å². The first-order valence-corrected chi connectivity index (χ1v) is 7.61. The highest BCUT2D eigenvalue weighted by Gasteiger charge is 2.08. The lowest BCUT2D eigenvalue weighted by atomic mass is 10.2. The van der Waals surface area contributed by atoms with Crippen LogP contribution in [0.5, 0.6) is 0 Å². The molecule has 0 unspecified atom stereocenters. The maximum atomic E-state index is 12.1. The van der Waals surface area contributed by atoms with Gasteiger partial charge in [0.1, 0.15) is 5.02 Å². The second-order valence-electron chi connectivity index (χ2n) is 4.73. The molecule has 2 aromatic rings. The molecule has 0 aliphatic carbocycles. The molecule has 0 aliphatic rings. The summed E-state index contributed by atoms with van der Waals surface area (Å²) < 4.78 is 1.40. The number of halogens is 2. The van der Waals surface area contributed by atoms with Gasteiger partial charge in [0.25, 0.3) is 5.56 Å². The van der Waals surface area contributed by atoms with Crippen molar-refractivity contribution in [1.29, 1.82) is 0 Å². The lowest BCUT2D eigenvalue weighted by Gasteiger charge is -2.10. The normalized spacial score (nSPS) is 10.6. The largest absolute Gasteiger partial charge is 0.378 e. The van der Waals surface area contributed by atoms with Crippen molar-refractivity contribution in [2.45, 2.75) is 32.9 Å². The number of hydrogen-bond acceptors (Lipinski definition) is 3. The molecule has 0 saturated carbocycles. The Hall–Kier alpha value is -1.52. The lowest BCUT2D eigenvalue weighted by molar-refractivity contribution is 0.543. The molecule has 2 rings (SSSR count). The van der Waals surface area contributed by atoms with Gasteiger partial charge in [-0.1, -0.05) is 48.7 Å². The van der Waals surface area contributed by atoms with Crippen LogP contribution in [0.15, 0.2) is 35.3 Å². The first-order valence-electron chi connectivity index (χ1n) is 6.85. The zero-order valence-corrected chi connectivity index (χ0v) is 13.3. The minimum Gasteiger partial charge on any atom is -0.378 e. The molecule has 112 valence electrons. The summed E-state index contributed by atoms with van der Waals surface area (Å²) in [5, 5.41) is 8.13. The van der Waals surface area contributed by atoms with Crippen molar-refractivity contribution in [2.24, 2.45) is 0 Å². The van der Waals surface area contributed by atoms with Crippen LogP contribution in [0.3, 0.4) is 0 Å². The molecule has 0 spiro atoms. The SMILES string of the molecule is CCCCn1ncc(NCc2ccc(Cl)cc2)c(Cl)c1=O. The monoisotopic (exact) mass is 325 g/mol. The molecule has 0 aliphatic heterocycles. The van der Waals surface area contributed by atoms with Crippen LogP contribution in [0, 0.1) is 0 Å². The van der Waals surface area contributed by atoms with E-state index in [0.29, 0.717) is 23.8 Å². The van der Waals surface area contributed by atoms with Crippen molar-refractivity contribution in [2.75, 3.05) is 5.32 Å². The molecular weight excluding hydrogens is 309 g/mol. The summed E-state index contributed by atoms with van der Waals surface area (Å²) in [4.78, 5) is 12.1. The maximum Gasteiger partial charge on any atom is 0.287 e. The number of anilines is 1. The standard InChI is InChI=1S/C15H17Cl2N3O/c1-2-3-8-20-15(21)14(17)13(10-19-20)18-9-11-4-6-12(16)7-5-11/h4-7,10,18H,2-3,8-9H2,1H3. The van der Waals surface area contributed by atoms with Gasteiger partial charge in [-0.15, -0.1) is 0 Å². The highest BCUT2D eigenvalue weighted by molar-refractivity contribution is 6.32. The Labute approximate surface area is 133 Å². The van der Waals surface area contributed by atoms with Gasteiger partial charge < -0.3 is 5.32 Å². The molecule has 1 heterocycles. The molecule has 1 aromatic heterocycles. The highest BCUT2D eigenvalue weighted by atomic mass is 35.5. The van der Waals surface area contributed by atoms with E-state index in [1.165, 1.54) is 4.68 Å². The minimum atomic E-state index is -0.258. The first-order chi connectivity index (χ1) is 10.1.